The van der Waals surface area contributed by atoms with Gasteiger partial charge in [-0.05, 0) is 38.5 Å². The smallest absolute Gasteiger partial charge is 0.0892 e. The van der Waals surface area contributed by atoms with Gasteiger partial charge >= 0.3 is 0 Å². The minimum absolute atomic E-state index is 0.198. The minimum Gasteiger partial charge on any atom is -0.367 e. The van der Waals surface area contributed by atoms with Crippen molar-refractivity contribution in [2.75, 3.05) is 0 Å². The van der Waals surface area contributed by atoms with Crippen molar-refractivity contribution in [3.8, 4) is 0 Å². The van der Waals surface area contributed by atoms with Crippen LogP contribution in [-0.4, -0.2) is 11.7 Å². The van der Waals surface area contributed by atoms with Crippen molar-refractivity contribution < 1.29 is 4.74 Å². The van der Waals surface area contributed by atoms with E-state index in [0.29, 0.717) is 6.10 Å². The minimum atomic E-state index is 0.198. The lowest BCUT2D eigenvalue weighted by molar-refractivity contribution is 0.294. The molecule has 2 rings (SSSR count). The lowest BCUT2D eigenvalue weighted by atomic mass is 9.83. The van der Waals surface area contributed by atoms with Crippen LogP contribution in [-0.2, 0) is 4.74 Å². The molecule has 1 nitrogen and oxygen atoms in total. The molecule has 1 saturated heterocycles. The first-order valence-electron chi connectivity index (χ1n) is 7.76. The molecule has 0 aromatic rings. The van der Waals surface area contributed by atoms with E-state index in [4.69, 9.17) is 4.74 Å². The van der Waals surface area contributed by atoms with Crippen molar-refractivity contribution in [2.45, 2.75) is 90.3 Å². The third kappa shape index (κ3) is 4.28. The maximum Gasteiger partial charge on any atom is 0.0892 e. The molecule has 1 saturated carbocycles. The fourth-order valence-corrected chi connectivity index (χ4v) is 3.32. The second kappa shape index (κ2) is 5.73. The molecule has 0 amide bonds. The van der Waals surface area contributed by atoms with Crippen LogP contribution >= 0.6 is 0 Å². The number of epoxide rings is 1. The number of hydrogen-bond donors (Lipinski definition) is 0. The highest BCUT2D eigenvalue weighted by atomic mass is 16.6. The monoisotopic (exact) mass is 238 g/mol. The van der Waals surface area contributed by atoms with E-state index in [2.05, 4.69) is 20.8 Å². The normalized spacial score (nSPS) is 30.2. The van der Waals surface area contributed by atoms with E-state index >= 15 is 0 Å². The fourth-order valence-electron chi connectivity index (χ4n) is 3.32. The molecule has 1 aliphatic carbocycles. The van der Waals surface area contributed by atoms with Crippen LogP contribution in [0.3, 0.4) is 0 Å². The van der Waals surface area contributed by atoms with Gasteiger partial charge in [-0.2, -0.15) is 0 Å². The first-order chi connectivity index (χ1) is 8.08. The predicted octanol–water partition coefficient (Wildman–Crippen LogP) is 4.94. The Kier molecular flexibility index (Phi) is 4.52. The summed E-state index contributed by atoms with van der Waals surface area (Å²) in [6.07, 6.45) is 13.6. The Bertz CT molecular complexity index is 228. The second-order valence-electron chi connectivity index (χ2n) is 6.97. The van der Waals surface area contributed by atoms with Gasteiger partial charge in [0, 0.05) is 0 Å². The molecule has 1 unspecified atom stereocenters. The van der Waals surface area contributed by atoms with Gasteiger partial charge in [0.2, 0.25) is 0 Å². The summed E-state index contributed by atoms with van der Waals surface area (Å²) in [6.45, 7) is 6.85. The highest BCUT2D eigenvalue weighted by molar-refractivity contribution is 4.94. The summed E-state index contributed by atoms with van der Waals surface area (Å²) in [4.78, 5) is 0. The summed E-state index contributed by atoms with van der Waals surface area (Å²) >= 11 is 0. The number of rotatable bonds is 6. The molecule has 1 heterocycles. The molecule has 100 valence electrons. The molecule has 0 N–H and O–H groups in total. The summed E-state index contributed by atoms with van der Waals surface area (Å²) in [5.41, 5.74) is 0.198. The van der Waals surface area contributed by atoms with Crippen molar-refractivity contribution in [2.24, 2.45) is 11.8 Å². The second-order valence-corrected chi connectivity index (χ2v) is 6.97. The summed E-state index contributed by atoms with van der Waals surface area (Å²) in [7, 11) is 0. The van der Waals surface area contributed by atoms with Crippen molar-refractivity contribution >= 4 is 0 Å². The topological polar surface area (TPSA) is 12.5 Å². The van der Waals surface area contributed by atoms with Crippen LogP contribution in [0.4, 0.5) is 0 Å². The largest absolute Gasteiger partial charge is 0.367 e. The summed E-state index contributed by atoms with van der Waals surface area (Å²) in [5, 5.41) is 0. The lowest BCUT2D eigenvalue weighted by Crippen LogP contribution is -2.09. The lowest BCUT2D eigenvalue weighted by Gasteiger charge is -2.22. The third-order valence-corrected chi connectivity index (χ3v) is 4.88. The van der Waals surface area contributed by atoms with E-state index in [9.17, 15) is 0 Å². The maximum absolute atomic E-state index is 5.65. The molecule has 1 aliphatic heterocycles. The zero-order valence-electron chi connectivity index (χ0n) is 12.0. The molecular weight excluding hydrogens is 208 g/mol. The Balaban J connectivity index is 1.53. The first kappa shape index (κ1) is 13.4. The van der Waals surface area contributed by atoms with Crippen LogP contribution in [0.1, 0.15) is 78.6 Å². The molecule has 2 atom stereocenters. The highest BCUT2D eigenvalue weighted by Gasteiger charge is 2.46. The molecule has 2 fully saturated rings. The Morgan fingerprint density at radius 1 is 1.06 bits per heavy atom. The van der Waals surface area contributed by atoms with Crippen LogP contribution < -0.4 is 0 Å². The van der Waals surface area contributed by atoms with Gasteiger partial charge in [0.15, 0.2) is 0 Å². The average molecular weight is 238 g/mol. The van der Waals surface area contributed by atoms with Crippen LogP contribution in [0.5, 0.6) is 0 Å². The van der Waals surface area contributed by atoms with Gasteiger partial charge in [-0.1, -0.05) is 51.9 Å². The van der Waals surface area contributed by atoms with Crippen molar-refractivity contribution in [1.82, 2.24) is 0 Å². The average Bonchev–Trinajstić information content (AvgIpc) is 2.93. The van der Waals surface area contributed by atoms with Crippen molar-refractivity contribution in [3.63, 3.8) is 0 Å². The molecule has 1 heteroatoms. The van der Waals surface area contributed by atoms with Crippen LogP contribution in [0.15, 0.2) is 0 Å². The maximum atomic E-state index is 5.65. The number of hydrogen-bond acceptors (Lipinski definition) is 1. The standard InChI is InChI=1S/C16H30O/c1-13(10-12-15-16(2,3)17-15)9-11-14-7-5-4-6-8-14/h13-15H,4-12H2,1-3H3/t13-,15?/m1/s1. The van der Waals surface area contributed by atoms with Gasteiger partial charge in [-0.3, -0.25) is 0 Å². The molecular formula is C16H30O. The van der Waals surface area contributed by atoms with Gasteiger partial charge in [0.1, 0.15) is 0 Å². The quantitative estimate of drug-likeness (QED) is 0.597. The molecule has 0 aromatic heterocycles. The van der Waals surface area contributed by atoms with E-state index in [1.807, 2.05) is 0 Å². The first-order valence-corrected chi connectivity index (χ1v) is 7.76. The van der Waals surface area contributed by atoms with E-state index in [0.717, 1.165) is 11.8 Å². The summed E-state index contributed by atoms with van der Waals surface area (Å²) < 4.78 is 5.65. The third-order valence-electron chi connectivity index (χ3n) is 4.88. The van der Waals surface area contributed by atoms with Gasteiger partial charge in [-0.25, -0.2) is 0 Å². The summed E-state index contributed by atoms with van der Waals surface area (Å²) in [5.74, 6) is 1.96. The van der Waals surface area contributed by atoms with Crippen LogP contribution in [0, 0.1) is 11.8 Å². The zero-order valence-corrected chi connectivity index (χ0v) is 12.0. The van der Waals surface area contributed by atoms with Crippen LogP contribution in [0.25, 0.3) is 0 Å². The molecule has 2 aliphatic rings. The fraction of sp³-hybridized carbons (Fsp3) is 1.00. The molecule has 17 heavy (non-hydrogen) atoms. The summed E-state index contributed by atoms with van der Waals surface area (Å²) in [6, 6.07) is 0. The molecule has 0 bridgehead atoms. The molecule has 0 aromatic carbocycles. The zero-order chi connectivity index (χ0) is 12.3. The SMILES string of the molecule is C[C@H](CCC1CCCCC1)CCC1OC1(C)C. The van der Waals surface area contributed by atoms with E-state index in [1.165, 1.54) is 57.8 Å². The van der Waals surface area contributed by atoms with E-state index in [-0.39, 0.29) is 5.60 Å². The predicted molar refractivity (Wildman–Crippen MR) is 73.2 cm³/mol. The Hall–Kier alpha value is -0.0400. The highest BCUT2D eigenvalue weighted by Crippen LogP contribution is 2.39. The number of ether oxygens (including phenoxy) is 1. The van der Waals surface area contributed by atoms with Crippen LogP contribution in [0.2, 0.25) is 0 Å². The van der Waals surface area contributed by atoms with Gasteiger partial charge in [0.25, 0.3) is 0 Å². The Morgan fingerprint density at radius 2 is 1.65 bits per heavy atom. The molecule has 0 radical (unpaired) electrons. The van der Waals surface area contributed by atoms with E-state index in [1.54, 1.807) is 0 Å². The Morgan fingerprint density at radius 3 is 2.24 bits per heavy atom. The Labute approximate surface area is 107 Å². The van der Waals surface area contributed by atoms with Gasteiger partial charge < -0.3 is 4.74 Å². The van der Waals surface area contributed by atoms with Crippen molar-refractivity contribution in [3.05, 3.63) is 0 Å². The van der Waals surface area contributed by atoms with Gasteiger partial charge in [0.05, 0.1) is 11.7 Å². The molecule has 0 spiro atoms. The van der Waals surface area contributed by atoms with E-state index < -0.39 is 0 Å². The van der Waals surface area contributed by atoms with Gasteiger partial charge in [-0.15, -0.1) is 0 Å². The van der Waals surface area contributed by atoms with Crippen molar-refractivity contribution in [1.29, 1.82) is 0 Å².